The van der Waals surface area contributed by atoms with Gasteiger partial charge in [0.25, 0.3) is 0 Å². The molecule has 1 aromatic carbocycles. The molecular weight excluding hydrogens is 287 g/mol. The Balaban J connectivity index is 2.59. The van der Waals surface area contributed by atoms with E-state index in [2.05, 4.69) is 31.3 Å². The number of hydrogen-bond acceptors (Lipinski definition) is 4. The largest absolute Gasteiger partial charge is 0.308 e. The summed E-state index contributed by atoms with van der Waals surface area (Å²) in [6.07, 6.45) is 0. The molecule has 0 aliphatic carbocycles. The Hall–Kier alpha value is -1.53. The van der Waals surface area contributed by atoms with Crippen LogP contribution < -0.4 is 11.3 Å². The minimum absolute atomic E-state index is 0.337. The Kier molecular flexibility index (Phi) is 3.35. The second-order valence-electron chi connectivity index (χ2n) is 3.49. The number of hydrogen-bond donors (Lipinski definition) is 2. The zero-order valence-electron chi connectivity index (χ0n) is 9.04. The zero-order chi connectivity index (χ0) is 12.4. The summed E-state index contributed by atoms with van der Waals surface area (Å²) >= 11 is 3.34. The predicted octanol–water partition coefficient (Wildman–Crippen LogP) is 2.64. The molecule has 0 saturated heterocycles. The standard InChI is InChI=1S/C11H10BrFN4/c1-6-4-10(17-14)16-11(15-6)8-5-7(13)2-3-9(8)12/h2-5H,14H2,1H3,(H,15,16,17). The van der Waals surface area contributed by atoms with Gasteiger partial charge in [0, 0.05) is 21.8 Å². The first kappa shape index (κ1) is 11.9. The van der Waals surface area contributed by atoms with E-state index < -0.39 is 0 Å². The lowest BCUT2D eigenvalue weighted by Gasteiger charge is -2.07. The van der Waals surface area contributed by atoms with Crippen LogP contribution in [0.4, 0.5) is 10.2 Å². The zero-order valence-corrected chi connectivity index (χ0v) is 10.6. The van der Waals surface area contributed by atoms with Gasteiger partial charge in [0.1, 0.15) is 11.6 Å². The van der Waals surface area contributed by atoms with E-state index in [1.165, 1.54) is 12.1 Å². The number of aryl methyl sites for hydroxylation is 1. The second kappa shape index (κ2) is 4.77. The predicted molar refractivity (Wildman–Crippen MR) is 67.7 cm³/mol. The number of halogens is 2. The molecule has 2 aromatic rings. The van der Waals surface area contributed by atoms with Crippen molar-refractivity contribution >= 4 is 21.7 Å². The van der Waals surface area contributed by atoms with Crippen LogP contribution >= 0.6 is 15.9 Å². The van der Waals surface area contributed by atoms with Gasteiger partial charge in [-0.05, 0) is 25.1 Å². The maximum atomic E-state index is 13.2. The van der Waals surface area contributed by atoms with Gasteiger partial charge in [-0.2, -0.15) is 0 Å². The first-order valence-electron chi connectivity index (χ1n) is 4.88. The van der Waals surface area contributed by atoms with Crippen molar-refractivity contribution in [2.45, 2.75) is 6.92 Å². The minimum atomic E-state index is -0.337. The monoisotopic (exact) mass is 296 g/mol. The Morgan fingerprint density at radius 1 is 1.29 bits per heavy atom. The number of nitrogens with one attached hydrogen (secondary N) is 1. The molecule has 1 aromatic heterocycles. The Morgan fingerprint density at radius 3 is 2.76 bits per heavy atom. The topological polar surface area (TPSA) is 63.8 Å². The molecule has 0 radical (unpaired) electrons. The van der Waals surface area contributed by atoms with E-state index in [-0.39, 0.29) is 5.82 Å². The lowest BCUT2D eigenvalue weighted by Crippen LogP contribution is -2.10. The van der Waals surface area contributed by atoms with E-state index >= 15 is 0 Å². The molecule has 0 bridgehead atoms. The average molecular weight is 297 g/mol. The van der Waals surface area contributed by atoms with Crippen molar-refractivity contribution in [3.05, 3.63) is 40.2 Å². The normalized spacial score (nSPS) is 10.4. The molecule has 2 rings (SSSR count). The van der Waals surface area contributed by atoms with E-state index in [0.717, 1.165) is 10.2 Å². The molecular formula is C11H10BrFN4. The summed E-state index contributed by atoms with van der Waals surface area (Å²) in [4.78, 5) is 8.43. The summed E-state index contributed by atoms with van der Waals surface area (Å²) in [6.45, 7) is 1.82. The fraction of sp³-hybridized carbons (Fsp3) is 0.0909. The molecule has 0 saturated carbocycles. The highest BCUT2D eigenvalue weighted by molar-refractivity contribution is 9.10. The molecule has 0 aliphatic rings. The van der Waals surface area contributed by atoms with Crippen molar-refractivity contribution in [2.24, 2.45) is 5.84 Å². The number of rotatable bonds is 2. The van der Waals surface area contributed by atoms with Crippen molar-refractivity contribution in [3.63, 3.8) is 0 Å². The molecule has 0 atom stereocenters. The van der Waals surface area contributed by atoms with Crippen LogP contribution in [0, 0.1) is 12.7 Å². The van der Waals surface area contributed by atoms with E-state index in [9.17, 15) is 4.39 Å². The number of benzene rings is 1. The van der Waals surface area contributed by atoms with Gasteiger partial charge in [-0.25, -0.2) is 20.2 Å². The third-order valence-electron chi connectivity index (χ3n) is 2.17. The van der Waals surface area contributed by atoms with Crippen LogP contribution in [0.3, 0.4) is 0 Å². The number of anilines is 1. The molecule has 0 spiro atoms. The number of hydrazine groups is 1. The first-order valence-corrected chi connectivity index (χ1v) is 5.67. The van der Waals surface area contributed by atoms with Crippen LogP contribution in [0.15, 0.2) is 28.7 Å². The molecule has 0 unspecified atom stereocenters. The van der Waals surface area contributed by atoms with Crippen molar-refractivity contribution in [1.82, 2.24) is 9.97 Å². The van der Waals surface area contributed by atoms with Crippen molar-refractivity contribution in [1.29, 1.82) is 0 Å². The maximum Gasteiger partial charge on any atom is 0.163 e. The summed E-state index contributed by atoms with van der Waals surface area (Å²) in [5.41, 5.74) is 3.79. The number of nitrogen functional groups attached to an aromatic ring is 1. The molecule has 3 N–H and O–H groups in total. The summed E-state index contributed by atoms with van der Waals surface area (Å²) < 4.78 is 13.9. The first-order chi connectivity index (χ1) is 8.10. The van der Waals surface area contributed by atoms with E-state index in [0.29, 0.717) is 17.2 Å². The van der Waals surface area contributed by atoms with Gasteiger partial charge in [0.2, 0.25) is 0 Å². The Bertz CT molecular complexity index is 559. The smallest absolute Gasteiger partial charge is 0.163 e. The second-order valence-corrected chi connectivity index (χ2v) is 4.34. The lowest BCUT2D eigenvalue weighted by molar-refractivity contribution is 0.628. The Labute approximate surface area is 106 Å². The summed E-state index contributed by atoms with van der Waals surface area (Å²) in [6, 6.07) is 6.06. The highest BCUT2D eigenvalue weighted by atomic mass is 79.9. The third-order valence-corrected chi connectivity index (χ3v) is 2.86. The molecule has 4 nitrogen and oxygen atoms in total. The quantitative estimate of drug-likeness (QED) is 0.660. The van der Waals surface area contributed by atoms with Gasteiger partial charge in [-0.1, -0.05) is 15.9 Å². The summed E-state index contributed by atoms with van der Waals surface area (Å²) in [7, 11) is 0. The van der Waals surface area contributed by atoms with Crippen molar-refractivity contribution in [3.8, 4) is 11.4 Å². The van der Waals surface area contributed by atoms with Gasteiger partial charge < -0.3 is 5.43 Å². The van der Waals surface area contributed by atoms with Crippen LogP contribution in [0.1, 0.15) is 5.69 Å². The fourth-order valence-electron chi connectivity index (χ4n) is 1.43. The molecule has 0 aliphatic heterocycles. The fourth-order valence-corrected chi connectivity index (χ4v) is 1.86. The van der Waals surface area contributed by atoms with Gasteiger partial charge in [0.05, 0.1) is 0 Å². The number of nitrogens with zero attached hydrogens (tertiary/aromatic N) is 2. The van der Waals surface area contributed by atoms with Crippen LogP contribution in [0.5, 0.6) is 0 Å². The third kappa shape index (κ3) is 2.59. The molecule has 0 fully saturated rings. The van der Waals surface area contributed by atoms with E-state index in [1.807, 2.05) is 6.92 Å². The van der Waals surface area contributed by atoms with E-state index in [4.69, 9.17) is 5.84 Å². The van der Waals surface area contributed by atoms with Crippen LogP contribution in [0.2, 0.25) is 0 Å². The van der Waals surface area contributed by atoms with E-state index in [1.54, 1.807) is 12.1 Å². The summed E-state index contributed by atoms with van der Waals surface area (Å²) in [5, 5.41) is 0. The lowest BCUT2D eigenvalue weighted by atomic mass is 10.2. The molecule has 88 valence electrons. The highest BCUT2D eigenvalue weighted by Crippen LogP contribution is 2.27. The number of nitrogens with two attached hydrogens (primary N) is 1. The van der Waals surface area contributed by atoms with Gasteiger partial charge in [-0.15, -0.1) is 0 Å². The molecule has 0 amide bonds. The SMILES string of the molecule is Cc1cc(NN)nc(-c2cc(F)ccc2Br)n1. The van der Waals surface area contributed by atoms with Crippen LogP contribution in [-0.2, 0) is 0 Å². The minimum Gasteiger partial charge on any atom is -0.308 e. The van der Waals surface area contributed by atoms with Crippen molar-refractivity contribution in [2.75, 3.05) is 5.43 Å². The van der Waals surface area contributed by atoms with Crippen molar-refractivity contribution < 1.29 is 4.39 Å². The van der Waals surface area contributed by atoms with Gasteiger partial charge >= 0.3 is 0 Å². The summed E-state index contributed by atoms with van der Waals surface area (Å²) in [5.74, 6) is 5.88. The molecule has 17 heavy (non-hydrogen) atoms. The maximum absolute atomic E-state index is 13.2. The van der Waals surface area contributed by atoms with Gasteiger partial charge in [0.15, 0.2) is 5.82 Å². The van der Waals surface area contributed by atoms with Crippen LogP contribution in [-0.4, -0.2) is 9.97 Å². The molecule has 1 heterocycles. The average Bonchev–Trinajstić information content (AvgIpc) is 2.31. The number of aromatic nitrogens is 2. The highest BCUT2D eigenvalue weighted by Gasteiger charge is 2.09. The van der Waals surface area contributed by atoms with Crippen LogP contribution in [0.25, 0.3) is 11.4 Å². The van der Waals surface area contributed by atoms with Gasteiger partial charge in [-0.3, -0.25) is 0 Å². The Morgan fingerprint density at radius 2 is 2.06 bits per heavy atom. The molecule has 6 heteroatoms.